The minimum absolute atomic E-state index is 0.174. The first-order chi connectivity index (χ1) is 9.91. The van der Waals surface area contributed by atoms with Crippen molar-refractivity contribution in [2.24, 2.45) is 0 Å². The van der Waals surface area contributed by atoms with Crippen molar-refractivity contribution in [1.29, 1.82) is 0 Å². The standard InChI is InChI=1S/C14H18N2O3S2/c1-16(2)21(17,18)12-5-6-13(15)14(10-12)19-8-7-11-4-3-9-20-11/h3-6,9-10H,7-8,15H2,1-2H3. The second-order valence-electron chi connectivity index (χ2n) is 4.66. The lowest BCUT2D eigenvalue weighted by molar-refractivity contribution is 0.324. The molecule has 1 aromatic carbocycles. The normalized spacial score (nSPS) is 11.8. The van der Waals surface area contributed by atoms with Gasteiger partial charge in [-0.3, -0.25) is 0 Å². The Morgan fingerprint density at radius 3 is 2.67 bits per heavy atom. The minimum Gasteiger partial charge on any atom is -0.491 e. The molecule has 0 spiro atoms. The van der Waals surface area contributed by atoms with Gasteiger partial charge in [0.15, 0.2) is 0 Å². The SMILES string of the molecule is CN(C)S(=O)(=O)c1ccc(N)c(OCCc2cccs2)c1. The maximum Gasteiger partial charge on any atom is 0.242 e. The number of anilines is 1. The maximum atomic E-state index is 12.1. The molecule has 0 radical (unpaired) electrons. The van der Waals surface area contributed by atoms with E-state index < -0.39 is 10.0 Å². The minimum atomic E-state index is -3.48. The Morgan fingerprint density at radius 1 is 1.29 bits per heavy atom. The van der Waals surface area contributed by atoms with Gasteiger partial charge in [0.1, 0.15) is 5.75 Å². The third-order valence-corrected chi connectivity index (χ3v) is 5.70. The van der Waals surface area contributed by atoms with Gasteiger partial charge < -0.3 is 10.5 Å². The molecule has 0 fully saturated rings. The van der Waals surface area contributed by atoms with Crippen molar-refractivity contribution < 1.29 is 13.2 Å². The molecule has 21 heavy (non-hydrogen) atoms. The highest BCUT2D eigenvalue weighted by molar-refractivity contribution is 7.89. The van der Waals surface area contributed by atoms with Crippen LogP contribution in [-0.2, 0) is 16.4 Å². The van der Waals surface area contributed by atoms with Crippen molar-refractivity contribution in [2.75, 3.05) is 26.4 Å². The van der Waals surface area contributed by atoms with E-state index in [9.17, 15) is 8.42 Å². The quantitative estimate of drug-likeness (QED) is 0.826. The smallest absolute Gasteiger partial charge is 0.242 e. The maximum absolute atomic E-state index is 12.1. The molecular formula is C14H18N2O3S2. The van der Waals surface area contributed by atoms with Gasteiger partial charge in [-0.25, -0.2) is 12.7 Å². The van der Waals surface area contributed by atoms with Crippen LogP contribution in [0.4, 0.5) is 5.69 Å². The van der Waals surface area contributed by atoms with E-state index in [4.69, 9.17) is 10.5 Å². The fourth-order valence-electron chi connectivity index (χ4n) is 1.73. The summed E-state index contributed by atoms with van der Waals surface area (Å²) in [5.74, 6) is 0.398. The van der Waals surface area contributed by atoms with Gasteiger partial charge in [0.25, 0.3) is 0 Å². The number of sulfonamides is 1. The number of hydrogen-bond donors (Lipinski definition) is 1. The van der Waals surface area contributed by atoms with E-state index in [0.717, 1.165) is 10.7 Å². The summed E-state index contributed by atoms with van der Waals surface area (Å²) in [6, 6.07) is 8.52. The molecule has 0 amide bonds. The Kier molecular flexibility index (Phi) is 4.87. The van der Waals surface area contributed by atoms with Gasteiger partial charge in [-0.15, -0.1) is 11.3 Å². The molecule has 2 aromatic rings. The molecule has 0 saturated heterocycles. The van der Waals surface area contributed by atoms with Crippen LogP contribution in [0.15, 0.2) is 40.6 Å². The number of rotatable bonds is 6. The Balaban J connectivity index is 2.12. The van der Waals surface area contributed by atoms with E-state index in [1.54, 1.807) is 17.4 Å². The summed E-state index contributed by atoms with van der Waals surface area (Å²) in [5, 5.41) is 2.01. The molecule has 0 aliphatic heterocycles. The molecule has 1 aromatic heterocycles. The molecule has 114 valence electrons. The Hall–Kier alpha value is -1.57. The highest BCUT2D eigenvalue weighted by Crippen LogP contribution is 2.26. The van der Waals surface area contributed by atoms with Crippen LogP contribution in [0.2, 0.25) is 0 Å². The number of ether oxygens (including phenoxy) is 1. The predicted octanol–water partition coefficient (Wildman–Crippen LogP) is 2.20. The van der Waals surface area contributed by atoms with Gasteiger partial charge in [0, 0.05) is 31.5 Å². The Labute approximate surface area is 129 Å². The van der Waals surface area contributed by atoms with E-state index in [-0.39, 0.29) is 4.90 Å². The molecule has 0 aliphatic rings. The first-order valence-electron chi connectivity index (χ1n) is 6.38. The molecule has 0 atom stereocenters. The largest absolute Gasteiger partial charge is 0.491 e. The second-order valence-corrected chi connectivity index (χ2v) is 7.85. The molecule has 5 nitrogen and oxygen atoms in total. The van der Waals surface area contributed by atoms with Crippen LogP contribution < -0.4 is 10.5 Å². The monoisotopic (exact) mass is 326 g/mol. The fraction of sp³-hybridized carbons (Fsp3) is 0.286. The highest BCUT2D eigenvalue weighted by Gasteiger charge is 2.18. The van der Waals surface area contributed by atoms with Crippen molar-refractivity contribution in [2.45, 2.75) is 11.3 Å². The molecule has 2 rings (SSSR count). The lowest BCUT2D eigenvalue weighted by Crippen LogP contribution is -2.22. The zero-order valence-electron chi connectivity index (χ0n) is 11.9. The summed E-state index contributed by atoms with van der Waals surface area (Å²) in [7, 11) is -0.506. The van der Waals surface area contributed by atoms with Crippen molar-refractivity contribution in [1.82, 2.24) is 4.31 Å². The molecule has 2 N–H and O–H groups in total. The van der Waals surface area contributed by atoms with Gasteiger partial charge in [-0.05, 0) is 23.6 Å². The van der Waals surface area contributed by atoms with Crippen LogP contribution in [0.3, 0.4) is 0 Å². The van der Waals surface area contributed by atoms with E-state index >= 15 is 0 Å². The van der Waals surface area contributed by atoms with E-state index in [1.807, 2.05) is 17.5 Å². The summed E-state index contributed by atoms with van der Waals surface area (Å²) < 4.78 is 31.0. The summed E-state index contributed by atoms with van der Waals surface area (Å²) in [5.41, 5.74) is 6.27. The molecule has 0 aliphatic carbocycles. The van der Waals surface area contributed by atoms with Gasteiger partial charge in [-0.1, -0.05) is 6.07 Å². The number of nitrogen functional groups attached to an aromatic ring is 1. The van der Waals surface area contributed by atoms with E-state index in [1.165, 1.54) is 31.1 Å². The molecule has 1 heterocycles. The molecule has 0 unspecified atom stereocenters. The second kappa shape index (κ2) is 6.46. The predicted molar refractivity (Wildman–Crippen MR) is 85.2 cm³/mol. The number of thiophene rings is 1. The third-order valence-electron chi connectivity index (χ3n) is 2.95. The van der Waals surface area contributed by atoms with Crippen LogP contribution in [0.1, 0.15) is 4.88 Å². The summed E-state index contributed by atoms with van der Waals surface area (Å²) in [6.45, 7) is 0.455. The van der Waals surface area contributed by atoms with Crippen LogP contribution >= 0.6 is 11.3 Å². The van der Waals surface area contributed by atoms with E-state index in [0.29, 0.717) is 18.0 Å². The zero-order valence-corrected chi connectivity index (χ0v) is 13.6. The summed E-state index contributed by atoms with van der Waals surface area (Å²) >= 11 is 1.66. The Bertz CT molecular complexity index is 695. The number of nitrogens with two attached hydrogens (primary N) is 1. The highest BCUT2D eigenvalue weighted by atomic mass is 32.2. The zero-order chi connectivity index (χ0) is 15.5. The van der Waals surface area contributed by atoms with Crippen molar-refractivity contribution in [3.63, 3.8) is 0 Å². The van der Waals surface area contributed by atoms with Gasteiger partial charge in [-0.2, -0.15) is 0 Å². The molecule has 7 heteroatoms. The van der Waals surface area contributed by atoms with Gasteiger partial charge in [0.05, 0.1) is 17.2 Å². The lowest BCUT2D eigenvalue weighted by atomic mass is 10.3. The number of hydrogen-bond acceptors (Lipinski definition) is 5. The first kappa shape index (κ1) is 15.8. The van der Waals surface area contributed by atoms with E-state index in [2.05, 4.69) is 0 Å². The average Bonchev–Trinajstić information content (AvgIpc) is 2.93. The first-order valence-corrected chi connectivity index (χ1v) is 8.70. The van der Waals surface area contributed by atoms with Crippen LogP contribution in [0, 0.1) is 0 Å². The number of nitrogens with zero attached hydrogens (tertiary/aromatic N) is 1. The number of benzene rings is 1. The lowest BCUT2D eigenvalue weighted by Gasteiger charge is -2.14. The van der Waals surface area contributed by atoms with Gasteiger partial charge >= 0.3 is 0 Å². The molecule has 0 bridgehead atoms. The van der Waals surface area contributed by atoms with Crippen molar-refractivity contribution in [3.8, 4) is 5.75 Å². The van der Waals surface area contributed by atoms with Crippen LogP contribution in [0.25, 0.3) is 0 Å². The summed E-state index contributed by atoms with van der Waals surface area (Å²) in [4.78, 5) is 1.39. The van der Waals surface area contributed by atoms with Crippen LogP contribution in [0.5, 0.6) is 5.75 Å². The third kappa shape index (κ3) is 3.75. The van der Waals surface area contributed by atoms with Crippen LogP contribution in [-0.4, -0.2) is 33.4 Å². The van der Waals surface area contributed by atoms with Crippen molar-refractivity contribution >= 4 is 27.0 Å². The van der Waals surface area contributed by atoms with Crippen molar-refractivity contribution in [3.05, 3.63) is 40.6 Å². The Morgan fingerprint density at radius 2 is 2.05 bits per heavy atom. The van der Waals surface area contributed by atoms with Gasteiger partial charge in [0.2, 0.25) is 10.0 Å². The molecular weight excluding hydrogens is 308 g/mol. The summed E-state index contributed by atoms with van der Waals surface area (Å²) in [6.07, 6.45) is 0.766. The average molecular weight is 326 g/mol. The topological polar surface area (TPSA) is 72.6 Å². The fourth-order valence-corrected chi connectivity index (χ4v) is 3.34. The molecule has 0 saturated carbocycles.